The van der Waals surface area contributed by atoms with E-state index >= 15 is 0 Å². The van der Waals surface area contributed by atoms with Crippen LogP contribution in [0, 0.1) is 5.82 Å². The molecule has 0 aliphatic rings. The molecule has 0 amide bonds. The van der Waals surface area contributed by atoms with Crippen molar-refractivity contribution in [3.63, 3.8) is 0 Å². The van der Waals surface area contributed by atoms with Gasteiger partial charge >= 0.3 is 0 Å². The number of Topliss-reactive ketones (excluding diaryl/α,β-unsaturated/α-hetero) is 1. The van der Waals surface area contributed by atoms with E-state index in [0.717, 1.165) is 0 Å². The van der Waals surface area contributed by atoms with Gasteiger partial charge in [0.25, 0.3) is 0 Å². The molecule has 0 atom stereocenters. The van der Waals surface area contributed by atoms with Crippen molar-refractivity contribution in [2.75, 3.05) is 0 Å². The Labute approximate surface area is 70.5 Å². The maximum absolute atomic E-state index is 12.6. The molecule has 62 valence electrons. The van der Waals surface area contributed by atoms with Crippen molar-refractivity contribution in [3.8, 4) is 0 Å². The van der Waals surface area contributed by atoms with Gasteiger partial charge in [0.2, 0.25) is 0 Å². The summed E-state index contributed by atoms with van der Waals surface area (Å²) in [5.41, 5.74) is 1.05. The first-order valence-electron chi connectivity index (χ1n) is 3.58. The van der Waals surface area contributed by atoms with Gasteiger partial charge in [-0.15, -0.1) is 0 Å². The summed E-state index contributed by atoms with van der Waals surface area (Å²) in [6, 6.07) is 4.03. The summed E-state index contributed by atoms with van der Waals surface area (Å²) in [5, 5.41) is 0. The molecule has 1 rings (SSSR count). The molecule has 12 heavy (non-hydrogen) atoms. The van der Waals surface area contributed by atoms with Crippen molar-refractivity contribution < 1.29 is 9.18 Å². The van der Waals surface area contributed by atoms with Crippen LogP contribution >= 0.6 is 0 Å². The van der Waals surface area contributed by atoms with Gasteiger partial charge in [0.1, 0.15) is 5.82 Å². The molecular weight excluding hydrogens is 155 g/mol. The lowest BCUT2D eigenvalue weighted by Gasteiger charge is -2.00. The number of halogens is 1. The highest BCUT2D eigenvalue weighted by Gasteiger charge is 2.04. The molecule has 0 unspecified atom stereocenters. The number of benzene rings is 1. The lowest BCUT2D eigenvalue weighted by molar-refractivity contribution is 0.101. The summed E-state index contributed by atoms with van der Waals surface area (Å²) in [6.07, 6.45) is 1.47. The van der Waals surface area contributed by atoms with E-state index in [2.05, 4.69) is 6.58 Å². The summed E-state index contributed by atoms with van der Waals surface area (Å²) < 4.78 is 12.6. The second kappa shape index (κ2) is 3.30. The van der Waals surface area contributed by atoms with Gasteiger partial charge in [-0.25, -0.2) is 4.39 Å². The van der Waals surface area contributed by atoms with Crippen molar-refractivity contribution in [3.05, 3.63) is 41.7 Å². The third kappa shape index (κ3) is 1.59. The van der Waals surface area contributed by atoms with Gasteiger partial charge in [-0.05, 0) is 30.7 Å². The van der Waals surface area contributed by atoms with Gasteiger partial charge in [-0.2, -0.15) is 0 Å². The summed E-state index contributed by atoms with van der Waals surface area (Å²) in [6.45, 7) is 4.94. The van der Waals surface area contributed by atoms with Crippen molar-refractivity contribution in [2.45, 2.75) is 6.92 Å². The Morgan fingerprint density at radius 2 is 2.25 bits per heavy atom. The van der Waals surface area contributed by atoms with Gasteiger partial charge in [-0.3, -0.25) is 4.79 Å². The Kier molecular flexibility index (Phi) is 2.38. The lowest BCUT2D eigenvalue weighted by Crippen LogP contribution is -1.95. The van der Waals surface area contributed by atoms with E-state index in [0.29, 0.717) is 11.1 Å². The number of carbonyl (C=O) groups is 1. The molecular formula is C10H9FO. The van der Waals surface area contributed by atoms with Crippen molar-refractivity contribution in [1.82, 2.24) is 0 Å². The minimum Gasteiger partial charge on any atom is -0.294 e. The fourth-order valence-corrected chi connectivity index (χ4v) is 1.02. The molecule has 0 radical (unpaired) electrons. The molecule has 0 aliphatic carbocycles. The Hall–Kier alpha value is -1.44. The molecule has 0 heterocycles. The smallest absolute Gasteiger partial charge is 0.160 e. The molecule has 0 saturated carbocycles. The van der Waals surface area contributed by atoms with Crippen LogP contribution in [0.15, 0.2) is 24.8 Å². The SMILES string of the molecule is C=Cc1cc(F)ccc1C(C)=O. The number of ketones is 1. The molecule has 0 bridgehead atoms. The minimum absolute atomic E-state index is 0.0788. The highest BCUT2D eigenvalue weighted by molar-refractivity contribution is 5.97. The second-order valence-corrected chi connectivity index (χ2v) is 2.49. The van der Waals surface area contributed by atoms with E-state index in [9.17, 15) is 9.18 Å². The molecule has 1 nitrogen and oxygen atoms in total. The van der Waals surface area contributed by atoms with Crippen LogP contribution in [0.1, 0.15) is 22.8 Å². The molecule has 0 N–H and O–H groups in total. The minimum atomic E-state index is -0.352. The zero-order chi connectivity index (χ0) is 9.14. The van der Waals surface area contributed by atoms with Crippen LogP contribution in [0.25, 0.3) is 6.08 Å². The van der Waals surface area contributed by atoms with E-state index in [1.165, 1.54) is 31.2 Å². The first kappa shape index (κ1) is 8.65. The third-order valence-electron chi connectivity index (χ3n) is 1.61. The Balaban J connectivity index is 3.29. The zero-order valence-corrected chi connectivity index (χ0v) is 6.80. The number of carbonyl (C=O) groups excluding carboxylic acids is 1. The molecule has 0 spiro atoms. The second-order valence-electron chi connectivity index (χ2n) is 2.49. The maximum atomic E-state index is 12.6. The summed E-state index contributed by atoms with van der Waals surface area (Å²) in [5.74, 6) is -0.431. The van der Waals surface area contributed by atoms with Crippen molar-refractivity contribution in [1.29, 1.82) is 0 Å². The topological polar surface area (TPSA) is 17.1 Å². The van der Waals surface area contributed by atoms with Gasteiger partial charge in [0, 0.05) is 5.56 Å². The van der Waals surface area contributed by atoms with E-state index in [1.807, 2.05) is 0 Å². The Bertz CT molecular complexity index is 329. The van der Waals surface area contributed by atoms with Gasteiger partial charge in [0.15, 0.2) is 5.78 Å². The summed E-state index contributed by atoms with van der Waals surface area (Å²) >= 11 is 0. The van der Waals surface area contributed by atoms with Gasteiger partial charge in [-0.1, -0.05) is 12.7 Å². The maximum Gasteiger partial charge on any atom is 0.160 e. The fourth-order valence-electron chi connectivity index (χ4n) is 1.02. The molecule has 1 aromatic carbocycles. The van der Waals surface area contributed by atoms with Crippen LogP contribution in [0.4, 0.5) is 4.39 Å². The van der Waals surface area contributed by atoms with Crippen LogP contribution in [0.3, 0.4) is 0 Å². The van der Waals surface area contributed by atoms with Gasteiger partial charge < -0.3 is 0 Å². The first-order valence-corrected chi connectivity index (χ1v) is 3.58. The van der Waals surface area contributed by atoms with Crippen LogP contribution in [0.2, 0.25) is 0 Å². The predicted octanol–water partition coefficient (Wildman–Crippen LogP) is 2.67. The van der Waals surface area contributed by atoms with E-state index in [4.69, 9.17) is 0 Å². The van der Waals surface area contributed by atoms with Crippen molar-refractivity contribution in [2.24, 2.45) is 0 Å². The first-order chi connectivity index (χ1) is 5.65. The largest absolute Gasteiger partial charge is 0.294 e. The van der Waals surface area contributed by atoms with Gasteiger partial charge in [0.05, 0.1) is 0 Å². The molecule has 2 heteroatoms. The highest BCUT2D eigenvalue weighted by atomic mass is 19.1. The molecule has 0 aromatic heterocycles. The van der Waals surface area contributed by atoms with Crippen molar-refractivity contribution >= 4 is 11.9 Å². The van der Waals surface area contributed by atoms with Crippen LogP contribution in [-0.2, 0) is 0 Å². The Morgan fingerprint density at radius 1 is 1.58 bits per heavy atom. The standard InChI is InChI=1S/C10H9FO/c1-3-8-6-9(11)4-5-10(8)7(2)12/h3-6H,1H2,2H3. The van der Waals surface area contributed by atoms with E-state index in [1.54, 1.807) is 0 Å². The predicted molar refractivity (Wildman–Crippen MR) is 46.5 cm³/mol. The number of hydrogen-bond acceptors (Lipinski definition) is 1. The molecule has 1 aromatic rings. The number of hydrogen-bond donors (Lipinski definition) is 0. The zero-order valence-electron chi connectivity index (χ0n) is 6.80. The molecule has 0 fully saturated rings. The molecule has 0 saturated heterocycles. The Morgan fingerprint density at radius 3 is 2.75 bits per heavy atom. The fraction of sp³-hybridized carbons (Fsp3) is 0.100. The quantitative estimate of drug-likeness (QED) is 0.614. The van der Waals surface area contributed by atoms with Crippen LogP contribution in [0.5, 0.6) is 0 Å². The molecule has 0 aliphatic heterocycles. The lowest BCUT2D eigenvalue weighted by atomic mass is 10.0. The third-order valence-corrected chi connectivity index (χ3v) is 1.61. The van der Waals surface area contributed by atoms with Crippen LogP contribution < -0.4 is 0 Å². The highest BCUT2D eigenvalue weighted by Crippen LogP contribution is 2.12. The van der Waals surface area contributed by atoms with E-state index < -0.39 is 0 Å². The average Bonchev–Trinajstić information content (AvgIpc) is 2.03. The van der Waals surface area contributed by atoms with Crippen LogP contribution in [-0.4, -0.2) is 5.78 Å². The number of rotatable bonds is 2. The normalized spacial score (nSPS) is 9.50. The summed E-state index contributed by atoms with van der Waals surface area (Å²) in [4.78, 5) is 11.0. The monoisotopic (exact) mass is 164 g/mol. The summed E-state index contributed by atoms with van der Waals surface area (Å²) in [7, 11) is 0. The van der Waals surface area contributed by atoms with E-state index in [-0.39, 0.29) is 11.6 Å². The average molecular weight is 164 g/mol.